The van der Waals surface area contributed by atoms with Crippen molar-refractivity contribution >= 4 is 17.5 Å². The molecule has 0 spiro atoms. The summed E-state index contributed by atoms with van der Waals surface area (Å²) in [4.78, 5) is 23.3. The number of hydrogen-bond donors (Lipinski definition) is 2. The molecule has 0 radical (unpaired) electrons. The number of hydrazone groups is 1. The van der Waals surface area contributed by atoms with E-state index in [2.05, 4.69) is 20.9 Å². The van der Waals surface area contributed by atoms with Gasteiger partial charge in [0.2, 0.25) is 11.8 Å². The van der Waals surface area contributed by atoms with Crippen LogP contribution in [0.4, 0.5) is 0 Å². The van der Waals surface area contributed by atoms with E-state index in [1.807, 2.05) is 37.4 Å². The fraction of sp³-hybridized carbons (Fsp3) is 0.368. The second-order valence-electron chi connectivity index (χ2n) is 6.42. The van der Waals surface area contributed by atoms with Gasteiger partial charge < -0.3 is 10.1 Å². The number of rotatable bonds is 7. The zero-order chi connectivity index (χ0) is 19.2. The van der Waals surface area contributed by atoms with Crippen LogP contribution in [-0.2, 0) is 9.59 Å². The maximum atomic E-state index is 12.2. The SMILES string of the molecule is COc1ccc(-n2cc(C(C)NC(=O)CCC3=NNC(=O)CC3)cn2)cc1. The second kappa shape index (κ2) is 8.48. The minimum Gasteiger partial charge on any atom is -0.497 e. The lowest BCUT2D eigenvalue weighted by molar-refractivity contribution is -0.121. The van der Waals surface area contributed by atoms with Gasteiger partial charge in [0.1, 0.15) is 5.75 Å². The fourth-order valence-electron chi connectivity index (χ4n) is 2.78. The standard InChI is InChI=1S/C19H23N5O3/c1-13(21-18(25)9-3-15-4-10-19(26)23-22-15)14-11-20-24(12-14)16-5-7-17(27-2)8-6-16/h5-8,11-13H,3-4,9-10H2,1-2H3,(H,21,25)(H,23,26). The molecule has 1 aromatic heterocycles. The summed E-state index contributed by atoms with van der Waals surface area (Å²) in [6.45, 7) is 1.92. The molecule has 2 amide bonds. The van der Waals surface area contributed by atoms with E-state index in [0.717, 1.165) is 22.7 Å². The smallest absolute Gasteiger partial charge is 0.240 e. The topological polar surface area (TPSA) is 97.6 Å². The molecule has 1 unspecified atom stereocenters. The van der Waals surface area contributed by atoms with Crippen LogP contribution < -0.4 is 15.5 Å². The molecule has 3 rings (SSSR count). The van der Waals surface area contributed by atoms with Crippen molar-refractivity contribution in [3.05, 3.63) is 42.2 Å². The van der Waals surface area contributed by atoms with Gasteiger partial charge in [0.15, 0.2) is 0 Å². The van der Waals surface area contributed by atoms with E-state index in [-0.39, 0.29) is 17.9 Å². The number of amides is 2. The lowest BCUT2D eigenvalue weighted by atomic mass is 10.1. The van der Waals surface area contributed by atoms with Crippen LogP contribution in [0.1, 0.15) is 44.2 Å². The van der Waals surface area contributed by atoms with Gasteiger partial charge in [-0.15, -0.1) is 0 Å². The summed E-state index contributed by atoms with van der Waals surface area (Å²) >= 11 is 0. The van der Waals surface area contributed by atoms with Gasteiger partial charge in [-0.1, -0.05) is 0 Å². The van der Waals surface area contributed by atoms with Gasteiger partial charge in [-0.05, 0) is 44.0 Å². The van der Waals surface area contributed by atoms with Gasteiger partial charge in [-0.25, -0.2) is 10.1 Å². The summed E-state index contributed by atoms with van der Waals surface area (Å²) in [6, 6.07) is 7.43. The lowest BCUT2D eigenvalue weighted by Gasteiger charge is -2.14. The number of carbonyl (C=O) groups is 2. The Labute approximate surface area is 157 Å². The van der Waals surface area contributed by atoms with Gasteiger partial charge in [-0.2, -0.15) is 10.2 Å². The van der Waals surface area contributed by atoms with Crippen molar-refractivity contribution in [2.45, 2.75) is 38.6 Å². The van der Waals surface area contributed by atoms with Crippen LogP contribution in [0, 0.1) is 0 Å². The van der Waals surface area contributed by atoms with Crippen LogP contribution in [-0.4, -0.2) is 34.4 Å². The van der Waals surface area contributed by atoms with E-state index in [1.54, 1.807) is 18.0 Å². The molecule has 1 aliphatic rings. The first-order valence-corrected chi connectivity index (χ1v) is 8.88. The number of nitrogens with zero attached hydrogens (tertiary/aromatic N) is 3. The minimum atomic E-state index is -0.155. The average Bonchev–Trinajstić information content (AvgIpc) is 3.18. The summed E-state index contributed by atoms with van der Waals surface area (Å²) in [5, 5.41) is 11.3. The van der Waals surface area contributed by atoms with Gasteiger partial charge in [0.05, 0.1) is 25.0 Å². The first-order chi connectivity index (χ1) is 13.0. The number of benzene rings is 1. The number of methoxy groups -OCH3 is 1. The van der Waals surface area contributed by atoms with E-state index in [9.17, 15) is 9.59 Å². The van der Waals surface area contributed by atoms with Crippen LogP contribution in [0.3, 0.4) is 0 Å². The molecule has 1 aliphatic heterocycles. The lowest BCUT2D eigenvalue weighted by Crippen LogP contribution is -2.29. The molecule has 0 saturated carbocycles. The highest BCUT2D eigenvalue weighted by atomic mass is 16.5. The van der Waals surface area contributed by atoms with Crippen molar-refractivity contribution in [1.82, 2.24) is 20.5 Å². The van der Waals surface area contributed by atoms with E-state index in [1.165, 1.54) is 0 Å². The summed E-state index contributed by atoms with van der Waals surface area (Å²) < 4.78 is 6.92. The van der Waals surface area contributed by atoms with E-state index in [4.69, 9.17) is 4.74 Å². The molecule has 1 atom stereocenters. The van der Waals surface area contributed by atoms with Gasteiger partial charge in [0.25, 0.3) is 0 Å². The fourth-order valence-corrected chi connectivity index (χ4v) is 2.78. The van der Waals surface area contributed by atoms with E-state index < -0.39 is 0 Å². The zero-order valence-corrected chi connectivity index (χ0v) is 15.4. The number of hydrogen-bond acceptors (Lipinski definition) is 5. The Bertz CT molecular complexity index is 841. The Kier molecular flexibility index (Phi) is 5.85. The number of aromatic nitrogens is 2. The Morgan fingerprint density at radius 2 is 2.11 bits per heavy atom. The molecule has 0 aliphatic carbocycles. The molecule has 0 saturated heterocycles. The van der Waals surface area contributed by atoms with E-state index in [0.29, 0.717) is 25.7 Å². The Morgan fingerprint density at radius 1 is 1.33 bits per heavy atom. The minimum absolute atomic E-state index is 0.0562. The number of ether oxygens (including phenoxy) is 1. The molecule has 142 valence electrons. The van der Waals surface area contributed by atoms with Crippen molar-refractivity contribution < 1.29 is 14.3 Å². The first kappa shape index (κ1) is 18.6. The summed E-state index contributed by atoms with van der Waals surface area (Å²) in [5.74, 6) is 0.652. The van der Waals surface area contributed by atoms with Gasteiger partial charge in [-0.3, -0.25) is 9.59 Å². The number of nitrogens with one attached hydrogen (secondary N) is 2. The van der Waals surface area contributed by atoms with E-state index >= 15 is 0 Å². The highest BCUT2D eigenvalue weighted by molar-refractivity contribution is 5.94. The Hall–Kier alpha value is -3.16. The average molecular weight is 369 g/mol. The Morgan fingerprint density at radius 3 is 2.78 bits per heavy atom. The molecular weight excluding hydrogens is 346 g/mol. The summed E-state index contributed by atoms with van der Waals surface area (Å²) in [7, 11) is 1.63. The molecule has 2 heterocycles. The molecule has 8 heteroatoms. The molecular formula is C19H23N5O3. The molecule has 27 heavy (non-hydrogen) atoms. The molecule has 1 aromatic carbocycles. The van der Waals surface area contributed by atoms with Gasteiger partial charge in [0, 0.05) is 30.3 Å². The van der Waals surface area contributed by atoms with Crippen LogP contribution in [0.15, 0.2) is 41.8 Å². The van der Waals surface area contributed by atoms with Crippen LogP contribution in [0.2, 0.25) is 0 Å². The van der Waals surface area contributed by atoms with Crippen molar-refractivity contribution in [2.24, 2.45) is 5.10 Å². The normalized spacial score (nSPS) is 14.9. The van der Waals surface area contributed by atoms with Crippen LogP contribution in [0.5, 0.6) is 5.75 Å². The summed E-state index contributed by atoms with van der Waals surface area (Å²) in [5.41, 5.74) is 5.13. The molecule has 2 aromatic rings. The van der Waals surface area contributed by atoms with Gasteiger partial charge >= 0.3 is 0 Å². The van der Waals surface area contributed by atoms with Crippen LogP contribution >= 0.6 is 0 Å². The molecule has 0 fully saturated rings. The highest BCUT2D eigenvalue weighted by Gasteiger charge is 2.15. The second-order valence-corrected chi connectivity index (χ2v) is 6.42. The number of carbonyl (C=O) groups excluding carboxylic acids is 2. The van der Waals surface area contributed by atoms with Crippen molar-refractivity contribution in [1.29, 1.82) is 0 Å². The zero-order valence-electron chi connectivity index (χ0n) is 15.4. The maximum absolute atomic E-state index is 12.2. The predicted molar refractivity (Wildman–Crippen MR) is 101 cm³/mol. The van der Waals surface area contributed by atoms with Crippen molar-refractivity contribution in [2.75, 3.05) is 7.11 Å². The Balaban J connectivity index is 1.53. The molecule has 0 bridgehead atoms. The largest absolute Gasteiger partial charge is 0.497 e. The van der Waals surface area contributed by atoms with Crippen LogP contribution in [0.25, 0.3) is 5.69 Å². The molecule has 2 N–H and O–H groups in total. The monoisotopic (exact) mass is 369 g/mol. The quantitative estimate of drug-likeness (QED) is 0.781. The predicted octanol–water partition coefficient (Wildman–Crippen LogP) is 2.10. The highest BCUT2D eigenvalue weighted by Crippen LogP contribution is 2.17. The third-order valence-electron chi connectivity index (χ3n) is 4.44. The summed E-state index contributed by atoms with van der Waals surface area (Å²) in [6.07, 6.45) is 5.57. The third kappa shape index (κ3) is 4.93. The van der Waals surface area contributed by atoms with Crippen molar-refractivity contribution in [3.8, 4) is 11.4 Å². The first-order valence-electron chi connectivity index (χ1n) is 8.88. The third-order valence-corrected chi connectivity index (χ3v) is 4.44. The maximum Gasteiger partial charge on any atom is 0.240 e. The van der Waals surface area contributed by atoms with Crippen molar-refractivity contribution in [3.63, 3.8) is 0 Å². The molecule has 8 nitrogen and oxygen atoms in total.